The van der Waals surface area contributed by atoms with Crippen LogP contribution in [0, 0.1) is 0 Å². The summed E-state index contributed by atoms with van der Waals surface area (Å²) in [5.74, 6) is -0.0779. The summed E-state index contributed by atoms with van der Waals surface area (Å²) >= 11 is 0. The van der Waals surface area contributed by atoms with Gasteiger partial charge in [-0.25, -0.2) is 0 Å². The molecule has 0 fully saturated rings. The Labute approximate surface area is 141 Å². The van der Waals surface area contributed by atoms with Crippen molar-refractivity contribution in [3.8, 4) is 11.1 Å². The normalized spacial score (nSPS) is 12.4. The topological polar surface area (TPSA) is 41.1 Å². The first-order valence-electron chi connectivity index (χ1n) is 8.05. The first-order chi connectivity index (χ1) is 11.8. The molecule has 1 amide bonds. The molecule has 118 valence electrons. The van der Waals surface area contributed by atoms with Gasteiger partial charge in [-0.2, -0.15) is 0 Å². The molecule has 0 aliphatic heterocycles. The summed E-state index contributed by atoms with van der Waals surface area (Å²) in [6, 6.07) is 24.6. The van der Waals surface area contributed by atoms with Gasteiger partial charge in [0.25, 0.3) is 5.91 Å². The molecule has 0 bridgehead atoms. The molecule has 0 spiro atoms. The lowest BCUT2D eigenvalue weighted by atomic mass is 10.0. The maximum absolute atomic E-state index is 11.9. The summed E-state index contributed by atoms with van der Waals surface area (Å²) in [7, 11) is 1.64. The van der Waals surface area contributed by atoms with Crippen LogP contribution in [0.5, 0.6) is 0 Å². The zero-order valence-electron chi connectivity index (χ0n) is 13.4. The van der Waals surface area contributed by atoms with Crippen molar-refractivity contribution in [3.05, 3.63) is 89.5 Å². The Balaban J connectivity index is 1.74. The quantitative estimate of drug-likeness (QED) is 0.759. The minimum Gasteiger partial charge on any atom is -0.374 e. The van der Waals surface area contributed by atoms with Crippen molar-refractivity contribution in [2.45, 2.75) is 6.04 Å². The standard InChI is InChI=1S/C21H18N2O/c1-22-21(24)14-7-6-8-15(13-14)23-20-18-11-4-2-9-16(18)17-10-3-5-12-19(17)20/h2-13,20,23H,1H3,(H,22,24). The number of carbonyl (C=O) groups is 1. The number of hydrogen-bond donors (Lipinski definition) is 2. The molecule has 0 unspecified atom stereocenters. The third-order valence-corrected chi connectivity index (χ3v) is 4.50. The molecule has 24 heavy (non-hydrogen) atoms. The van der Waals surface area contributed by atoms with Gasteiger partial charge < -0.3 is 10.6 Å². The van der Waals surface area contributed by atoms with Crippen LogP contribution in [0.1, 0.15) is 27.5 Å². The lowest BCUT2D eigenvalue weighted by Crippen LogP contribution is -2.18. The summed E-state index contributed by atoms with van der Waals surface area (Å²) in [5, 5.41) is 6.26. The highest BCUT2D eigenvalue weighted by Gasteiger charge is 2.27. The summed E-state index contributed by atoms with van der Waals surface area (Å²) in [4.78, 5) is 11.9. The molecule has 0 aromatic heterocycles. The van der Waals surface area contributed by atoms with E-state index >= 15 is 0 Å². The maximum atomic E-state index is 11.9. The second-order valence-electron chi connectivity index (χ2n) is 5.91. The first kappa shape index (κ1) is 14.5. The monoisotopic (exact) mass is 314 g/mol. The molecule has 2 N–H and O–H groups in total. The number of fused-ring (bicyclic) bond motifs is 3. The van der Waals surface area contributed by atoms with Crippen molar-refractivity contribution >= 4 is 11.6 Å². The highest BCUT2D eigenvalue weighted by molar-refractivity contribution is 5.95. The Morgan fingerprint density at radius 2 is 1.46 bits per heavy atom. The van der Waals surface area contributed by atoms with Crippen molar-refractivity contribution in [1.29, 1.82) is 0 Å². The summed E-state index contributed by atoms with van der Waals surface area (Å²) in [6.07, 6.45) is 0. The van der Waals surface area contributed by atoms with Gasteiger partial charge in [-0.1, -0.05) is 54.6 Å². The number of anilines is 1. The molecule has 0 saturated carbocycles. The second-order valence-corrected chi connectivity index (χ2v) is 5.91. The van der Waals surface area contributed by atoms with Gasteiger partial charge in [0.2, 0.25) is 0 Å². The minimum atomic E-state index is -0.0779. The highest BCUT2D eigenvalue weighted by atomic mass is 16.1. The Morgan fingerprint density at radius 3 is 2.08 bits per heavy atom. The van der Waals surface area contributed by atoms with Gasteiger partial charge in [0.1, 0.15) is 0 Å². The average molecular weight is 314 g/mol. The lowest BCUT2D eigenvalue weighted by Gasteiger charge is -2.18. The Bertz CT molecular complexity index is 871. The van der Waals surface area contributed by atoms with E-state index in [0.29, 0.717) is 5.56 Å². The fourth-order valence-corrected chi connectivity index (χ4v) is 3.37. The minimum absolute atomic E-state index is 0.0779. The van der Waals surface area contributed by atoms with Crippen LogP contribution in [0.15, 0.2) is 72.8 Å². The number of hydrogen-bond acceptors (Lipinski definition) is 2. The number of benzene rings is 3. The van der Waals surface area contributed by atoms with Crippen molar-refractivity contribution < 1.29 is 4.79 Å². The van der Waals surface area contributed by atoms with E-state index in [1.165, 1.54) is 22.3 Å². The Kier molecular flexibility index (Phi) is 3.54. The van der Waals surface area contributed by atoms with E-state index in [2.05, 4.69) is 59.2 Å². The van der Waals surface area contributed by atoms with Crippen LogP contribution in [0.3, 0.4) is 0 Å². The Morgan fingerprint density at radius 1 is 0.833 bits per heavy atom. The van der Waals surface area contributed by atoms with Gasteiger partial charge in [0, 0.05) is 18.3 Å². The SMILES string of the molecule is CNC(=O)c1cccc(NC2c3ccccc3-c3ccccc32)c1. The third kappa shape index (κ3) is 2.35. The van der Waals surface area contributed by atoms with Crippen LogP contribution in [0.25, 0.3) is 11.1 Å². The fourth-order valence-electron chi connectivity index (χ4n) is 3.37. The molecule has 4 rings (SSSR count). The Hall–Kier alpha value is -3.07. The number of rotatable bonds is 3. The third-order valence-electron chi connectivity index (χ3n) is 4.50. The number of amides is 1. The molecule has 0 radical (unpaired) electrons. The van der Waals surface area contributed by atoms with Crippen molar-refractivity contribution in [3.63, 3.8) is 0 Å². The summed E-state index contributed by atoms with van der Waals surface area (Å²) < 4.78 is 0. The molecule has 3 heteroatoms. The molecular formula is C21H18N2O. The van der Waals surface area contributed by atoms with Crippen molar-refractivity contribution in [1.82, 2.24) is 5.32 Å². The first-order valence-corrected chi connectivity index (χ1v) is 8.05. The van der Waals surface area contributed by atoms with Crippen LogP contribution in [0.4, 0.5) is 5.69 Å². The van der Waals surface area contributed by atoms with E-state index in [9.17, 15) is 4.79 Å². The molecule has 3 aromatic rings. The van der Waals surface area contributed by atoms with Crippen molar-refractivity contribution in [2.24, 2.45) is 0 Å². The van der Waals surface area contributed by atoms with E-state index in [-0.39, 0.29) is 11.9 Å². The van der Waals surface area contributed by atoms with Gasteiger partial charge in [0.15, 0.2) is 0 Å². The lowest BCUT2D eigenvalue weighted by molar-refractivity contribution is 0.0963. The van der Waals surface area contributed by atoms with E-state index in [0.717, 1.165) is 5.69 Å². The highest BCUT2D eigenvalue weighted by Crippen LogP contribution is 2.44. The predicted molar refractivity (Wildman–Crippen MR) is 97.2 cm³/mol. The van der Waals surface area contributed by atoms with Gasteiger partial charge in [-0.05, 0) is 40.5 Å². The van der Waals surface area contributed by atoms with Gasteiger partial charge in [-0.3, -0.25) is 4.79 Å². The molecule has 1 aliphatic rings. The van der Waals surface area contributed by atoms with Gasteiger partial charge in [0.05, 0.1) is 6.04 Å². The molecule has 0 atom stereocenters. The predicted octanol–water partition coefficient (Wildman–Crippen LogP) is 4.23. The van der Waals surface area contributed by atoms with Crippen molar-refractivity contribution in [2.75, 3.05) is 12.4 Å². The van der Waals surface area contributed by atoms with Crippen LogP contribution < -0.4 is 10.6 Å². The smallest absolute Gasteiger partial charge is 0.251 e. The van der Waals surface area contributed by atoms with Crippen LogP contribution in [0.2, 0.25) is 0 Å². The van der Waals surface area contributed by atoms with Crippen LogP contribution >= 0.6 is 0 Å². The van der Waals surface area contributed by atoms with E-state index in [1.54, 1.807) is 7.05 Å². The molecular weight excluding hydrogens is 296 g/mol. The summed E-state index contributed by atoms with van der Waals surface area (Å²) in [6.45, 7) is 0. The van der Waals surface area contributed by atoms with E-state index in [1.807, 2.05) is 24.3 Å². The fraction of sp³-hybridized carbons (Fsp3) is 0.0952. The molecule has 1 aliphatic carbocycles. The molecule has 0 saturated heterocycles. The molecule has 3 aromatic carbocycles. The average Bonchev–Trinajstić information content (AvgIpc) is 2.96. The largest absolute Gasteiger partial charge is 0.374 e. The van der Waals surface area contributed by atoms with Gasteiger partial charge >= 0.3 is 0 Å². The zero-order valence-corrected chi connectivity index (χ0v) is 13.4. The van der Waals surface area contributed by atoms with Crippen LogP contribution in [-0.4, -0.2) is 13.0 Å². The van der Waals surface area contributed by atoms with Crippen LogP contribution in [-0.2, 0) is 0 Å². The second kappa shape index (κ2) is 5.85. The van der Waals surface area contributed by atoms with E-state index < -0.39 is 0 Å². The zero-order chi connectivity index (χ0) is 16.5. The molecule has 0 heterocycles. The summed E-state index contributed by atoms with van der Waals surface area (Å²) in [5.41, 5.74) is 6.67. The maximum Gasteiger partial charge on any atom is 0.251 e. The number of nitrogens with one attached hydrogen (secondary N) is 2. The van der Waals surface area contributed by atoms with E-state index in [4.69, 9.17) is 0 Å². The van der Waals surface area contributed by atoms with Gasteiger partial charge in [-0.15, -0.1) is 0 Å². The number of carbonyl (C=O) groups excluding carboxylic acids is 1. The molecule has 3 nitrogen and oxygen atoms in total.